The average molecular weight is 269 g/mol. The minimum Gasteiger partial charge on any atom is -0.366 e. The lowest BCUT2D eigenvalue weighted by molar-refractivity contribution is 0.361. The normalized spacial score (nSPS) is 23.7. The van der Waals surface area contributed by atoms with Gasteiger partial charge in [0.15, 0.2) is 5.82 Å². The first-order valence-electron chi connectivity index (χ1n) is 6.72. The van der Waals surface area contributed by atoms with E-state index < -0.39 is 0 Å². The Bertz CT molecular complexity index is 389. The lowest BCUT2D eigenvalue weighted by Crippen LogP contribution is -2.26. The molecule has 100 valence electrons. The number of nitrogens with zero attached hydrogens (tertiary/aromatic N) is 2. The van der Waals surface area contributed by atoms with E-state index in [4.69, 9.17) is 11.6 Å². The number of nitrogens with one attached hydrogen (secondary N) is 2. The molecular weight excluding hydrogens is 248 g/mol. The zero-order chi connectivity index (χ0) is 13.0. The number of hydrogen-bond acceptors (Lipinski definition) is 4. The fraction of sp³-hybridized carbons (Fsp3) is 0.692. The summed E-state index contributed by atoms with van der Waals surface area (Å²) in [7, 11) is 0. The maximum Gasteiger partial charge on any atom is 0.224 e. The molecule has 0 saturated heterocycles. The molecular formula is C13H21ClN4. The fourth-order valence-electron chi connectivity index (χ4n) is 2.31. The molecule has 1 heterocycles. The smallest absolute Gasteiger partial charge is 0.224 e. The van der Waals surface area contributed by atoms with Crippen LogP contribution in [0.2, 0.25) is 5.02 Å². The summed E-state index contributed by atoms with van der Waals surface area (Å²) in [6.07, 6.45) is 6.59. The fourth-order valence-corrected chi connectivity index (χ4v) is 2.46. The van der Waals surface area contributed by atoms with Gasteiger partial charge in [-0.3, -0.25) is 0 Å². The number of hydrogen-bond donors (Lipinski definition) is 2. The number of halogens is 1. The van der Waals surface area contributed by atoms with Crippen LogP contribution in [0.5, 0.6) is 0 Å². The van der Waals surface area contributed by atoms with Crippen LogP contribution in [0.3, 0.4) is 0 Å². The molecule has 0 spiro atoms. The molecule has 0 bridgehead atoms. The van der Waals surface area contributed by atoms with Crippen molar-refractivity contribution in [1.29, 1.82) is 0 Å². The third-order valence-corrected chi connectivity index (χ3v) is 3.71. The number of rotatable bonds is 4. The van der Waals surface area contributed by atoms with Gasteiger partial charge in [0.25, 0.3) is 0 Å². The highest BCUT2D eigenvalue weighted by molar-refractivity contribution is 6.32. The Morgan fingerprint density at radius 3 is 2.72 bits per heavy atom. The van der Waals surface area contributed by atoms with Crippen molar-refractivity contribution in [2.45, 2.75) is 45.6 Å². The number of anilines is 2. The molecule has 0 aliphatic heterocycles. The van der Waals surface area contributed by atoms with E-state index in [1.807, 2.05) is 6.92 Å². The van der Waals surface area contributed by atoms with Gasteiger partial charge in [-0.15, -0.1) is 0 Å². The van der Waals surface area contributed by atoms with Crippen LogP contribution in [0.25, 0.3) is 0 Å². The Labute approximate surface area is 114 Å². The van der Waals surface area contributed by atoms with Crippen LogP contribution < -0.4 is 10.6 Å². The van der Waals surface area contributed by atoms with Crippen molar-refractivity contribution in [3.63, 3.8) is 0 Å². The summed E-state index contributed by atoms with van der Waals surface area (Å²) in [6, 6.07) is 0.489. The van der Waals surface area contributed by atoms with Crippen molar-refractivity contribution in [2.24, 2.45) is 5.92 Å². The van der Waals surface area contributed by atoms with Crippen molar-refractivity contribution < 1.29 is 0 Å². The Balaban J connectivity index is 2.01. The maximum atomic E-state index is 6.13. The highest BCUT2D eigenvalue weighted by Crippen LogP contribution is 2.28. The monoisotopic (exact) mass is 268 g/mol. The first kappa shape index (κ1) is 13.4. The van der Waals surface area contributed by atoms with Crippen molar-refractivity contribution in [3.8, 4) is 0 Å². The summed E-state index contributed by atoms with van der Waals surface area (Å²) < 4.78 is 0. The van der Waals surface area contributed by atoms with Crippen LogP contribution in [0.1, 0.15) is 39.5 Å². The van der Waals surface area contributed by atoms with Crippen LogP contribution in [-0.4, -0.2) is 22.6 Å². The standard InChI is InChI=1S/C13H21ClN4/c1-3-15-13-16-8-11(14)12(18-13)17-10-6-4-9(2)5-7-10/h8-10H,3-7H2,1-2H3,(H2,15,16,17,18). The minimum atomic E-state index is 0.489. The molecule has 1 aliphatic rings. The topological polar surface area (TPSA) is 49.8 Å². The van der Waals surface area contributed by atoms with Gasteiger partial charge >= 0.3 is 0 Å². The summed E-state index contributed by atoms with van der Waals surface area (Å²) in [5, 5.41) is 7.14. The second-order valence-corrected chi connectivity index (χ2v) is 5.43. The van der Waals surface area contributed by atoms with Gasteiger partial charge in [0.05, 0.1) is 6.20 Å². The highest BCUT2D eigenvalue weighted by Gasteiger charge is 2.19. The molecule has 0 amide bonds. The largest absolute Gasteiger partial charge is 0.366 e. The van der Waals surface area contributed by atoms with Gasteiger partial charge in [0, 0.05) is 12.6 Å². The molecule has 5 heteroatoms. The minimum absolute atomic E-state index is 0.489. The van der Waals surface area contributed by atoms with E-state index in [1.165, 1.54) is 25.7 Å². The van der Waals surface area contributed by atoms with Gasteiger partial charge < -0.3 is 10.6 Å². The molecule has 0 atom stereocenters. The summed E-state index contributed by atoms with van der Waals surface area (Å²) in [5.41, 5.74) is 0. The molecule has 0 radical (unpaired) electrons. The van der Waals surface area contributed by atoms with E-state index in [0.29, 0.717) is 17.0 Å². The van der Waals surface area contributed by atoms with Gasteiger partial charge in [-0.1, -0.05) is 18.5 Å². The summed E-state index contributed by atoms with van der Waals surface area (Å²) >= 11 is 6.13. The van der Waals surface area contributed by atoms with E-state index in [2.05, 4.69) is 27.5 Å². The molecule has 2 N–H and O–H groups in total. The zero-order valence-corrected chi connectivity index (χ0v) is 11.8. The third-order valence-electron chi connectivity index (χ3n) is 3.44. The molecule has 4 nitrogen and oxygen atoms in total. The molecule has 1 aromatic heterocycles. The molecule has 0 aromatic carbocycles. The van der Waals surface area contributed by atoms with Gasteiger partial charge in [-0.25, -0.2) is 4.98 Å². The van der Waals surface area contributed by atoms with Crippen molar-refractivity contribution >= 4 is 23.4 Å². The third kappa shape index (κ3) is 3.48. The average Bonchev–Trinajstić information content (AvgIpc) is 2.36. The lowest BCUT2D eigenvalue weighted by atomic mass is 9.87. The quantitative estimate of drug-likeness (QED) is 0.877. The van der Waals surface area contributed by atoms with Gasteiger partial charge in [-0.2, -0.15) is 4.98 Å². The SMILES string of the molecule is CCNc1ncc(Cl)c(NC2CCC(C)CC2)n1. The van der Waals surface area contributed by atoms with Crippen LogP contribution in [0, 0.1) is 5.92 Å². The predicted molar refractivity (Wildman–Crippen MR) is 76.2 cm³/mol. The Kier molecular flexibility index (Phi) is 4.64. The van der Waals surface area contributed by atoms with Crippen molar-refractivity contribution in [1.82, 2.24) is 9.97 Å². The van der Waals surface area contributed by atoms with Gasteiger partial charge in [-0.05, 0) is 38.5 Å². The summed E-state index contributed by atoms with van der Waals surface area (Å²) in [4.78, 5) is 8.55. The second kappa shape index (κ2) is 6.23. The lowest BCUT2D eigenvalue weighted by Gasteiger charge is -2.27. The predicted octanol–water partition coefficient (Wildman–Crippen LogP) is 3.55. The van der Waals surface area contributed by atoms with E-state index in [9.17, 15) is 0 Å². The molecule has 1 aliphatic carbocycles. The van der Waals surface area contributed by atoms with Gasteiger partial charge in [0.2, 0.25) is 5.95 Å². The van der Waals surface area contributed by atoms with E-state index in [0.717, 1.165) is 18.3 Å². The van der Waals surface area contributed by atoms with Crippen LogP contribution in [0.4, 0.5) is 11.8 Å². The first-order chi connectivity index (χ1) is 8.69. The first-order valence-corrected chi connectivity index (χ1v) is 7.09. The molecule has 1 fully saturated rings. The Hall–Kier alpha value is -1.03. The Morgan fingerprint density at radius 1 is 1.33 bits per heavy atom. The maximum absolute atomic E-state index is 6.13. The summed E-state index contributed by atoms with van der Waals surface area (Å²) in [6.45, 7) is 5.15. The molecule has 18 heavy (non-hydrogen) atoms. The van der Waals surface area contributed by atoms with Crippen molar-refractivity contribution in [2.75, 3.05) is 17.2 Å². The van der Waals surface area contributed by atoms with Crippen LogP contribution in [0.15, 0.2) is 6.20 Å². The van der Waals surface area contributed by atoms with Crippen LogP contribution in [-0.2, 0) is 0 Å². The summed E-state index contributed by atoms with van der Waals surface area (Å²) in [5.74, 6) is 2.23. The van der Waals surface area contributed by atoms with Crippen LogP contribution >= 0.6 is 11.6 Å². The molecule has 0 unspecified atom stereocenters. The van der Waals surface area contributed by atoms with Gasteiger partial charge in [0.1, 0.15) is 5.02 Å². The van der Waals surface area contributed by atoms with E-state index in [-0.39, 0.29) is 0 Å². The van der Waals surface area contributed by atoms with E-state index in [1.54, 1.807) is 6.20 Å². The zero-order valence-electron chi connectivity index (χ0n) is 11.0. The molecule has 1 saturated carbocycles. The number of aromatic nitrogens is 2. The molecule has 1 aromatic rings. The van der Waals surface area contributed by atoms with E-state index >= 15 is 0 Å². The Morgan fingerprint density at radius 2 is 2.06 bits per heavy atom. The van der Waals surface area contributed by atoms with Crippen molar-refractivity contribution in [3.05, 3.63) is 11.2 Å². The molecule has 2 rings (SSSR count). The second-order valence-electron chi connectivity index (χ2n) is 5.02. The highest BCUT2D eigenvalue weighted by atomic mass is 35.5.